The molecule has 19 heavy (non-hydrogen) atoms. The standard InChI is InChI=1S/C16H23ClN2/c1-13-8-14(10-15(17)9-13)11-19-7-4-16(12-19)2-5-18-6-3-16/h8-10,18H,2-7,11-12H2,1H3. The zero-order chi connectivity index (χ0) is 13.3. The maximum absolute atomic E-state index is 6.15. The van der Waals surface area contributed by atoms with Crippen molar-refractivity contribution in [2.75, 3.05) is 26.2 Å². The summed E-state index contributed by atoms with van der Waals surface area (Å²) in [6, 6.07) is 6.41. The fraction of sp³-hybridized carbons (Fsp3) is 0.625. The molecular formula is C16H23ClN2. The summed E-state index contributed by atoms with van der Waals surface area (Å²) >= 11 is 6.15. The van der Waals surface area contributed by atoms with Gasteiger partial charge < -0.3 is 5.32 Å². The van der Waals surface area contributed by atoms with Crippen molar-refractivity contribution in [2.24, 2.45) is 5.41 Å². The van der Waals surface area contributed by atoms with Crippen LogP contribution in [-0.2, 0) is 6.54 Å². The van der Waals surface area contributed by atoms with Gasteiger partial charge in [-0.15, -0.1) is 0 Å². The van der Waals surface area contributed by atoms with Gasteiger partial charge in [-0.1, -0.05) is 17.7 Å². The number of halogens is 1. The molecule has 0 aromatic heterocycles. The molecule has 104 valence electrons. The zero-order valence-electron chi connectivity index (χ0n) is 11.7. The Hall–Kier alpha value is -0.570. The minimum Gasteiger partial charge on any atom is -0.317 e. The Kier molecular flexibility index (Phi) is 3.84. The summed E-state index contributed by atoms with van der Waals surface area (Å²) in [4.78, 5) is 2.61. The van der Waals surface area contributed by atoms with Crippen LogP contribution in [0.5, 0.6) is 0 Å². The molecule has 0 unspecified atom stereocenters. The van der Waals surface area contributed by atoms with Gasteiger partial charge in [0.25, 0.3) is 0 Å². The van der Waals surface area contributed by atoms with Crippen LogP contribution in [0.2, 0.25) is 5.02 Å². The van der Waals surface area contributed by atoms with Gasteiger partial charge in [-0.3, -0.25) is 4.90 Å². The van der Waals surface area contributed by atoms with E-state index in [2.05, 4.69) is 29.3 Å². The van der Waals surface area contributed by atoms with Crippen molar-refractivity contribution in [3.05, 3.63) is 34.3 Å². The molecule has 1 spiro atoms. The van der Waals surface area contributed by atoms with Crippen LogP contribution in [0.3, 0.4) is 0 Å². The van der Waals surface area contributed by atoms with Gasteiger partial charge in [-0.2, -0.15) is 0 Å². The van der Waals surface area contributed by atoms with Gasteiger partial charge in [0.1, 0.15) is 0 Å². The third-order valence-electron chi connectivity index (χ3n) is 4.69. The van der Waals surface area contributed by atoms with Crippen molar-refractivity contribution in [2.45, 2.75) is 32.7 Å². The summed E-state index contributed by atoms with van der Waals surface area (Å²) in [5, 5.41) is 4.35. The van der Waals surface area contributed by atoms with Crippen molar-refractivity contribution >= 4 is 11.6 Å². The second-order valence-corrected chi connectivity index (χ2v) is 6.78. The quantitative estimate of drug-likeness (QED) is 0.894. The fourth-order valence-electron chi connectivity index (χ4n) is 3.69. The molecule has 3 rings (SSSR count). The predicted molar refractivity (Wildman–Crippen MR) is 80.6 cm³/mol. The highest BCUT2D eigenvalue weighted by Crippen LogP contribution is 2.39. The van der Waals surface area contributed by atoms with Gasteiger partial charge in [-0.25, -0.2) is 0 Å². The third-order valence-corrected chi connectivity index (χ3v) is 4.91. The first-order valence-corrected chi connectivity index (χ1v) is 7.72. The number of hydrogen-bond acceptors (Lipinski definition) is 2. The monoisotopic (exact) mass is 278 g/mol. The van der Waals surface area contributed by atoms with E-state index in [0.717, 1.165) is 11.6 Å². The molecule has 0 amide bonds. The lowest BCUT2D eigenvalue weighted by Crippen LogP contribution is -2.38. The van der Waals surface area contributed by atoms with Crippen LogP contribution >= 0.6 is 11.6 Å². The number of rotatable bonds is 2. The van der Waals surface area contributed by atoms with Crippen molar-refractivity contribution in [3.63, 3.8) is 0 Å². The molecule has 2 aliphatic rings. The summed E-state index contributed by atoms with van der Waals surface area (Å²) < 4.78 is 0. The van der Waals surface area contributed by atoms with Crippen LogP contribution < -0.4 is 5.32 Å². The lowest BCUT2D eigenvalue weighted by Gasteiger charge is -2.34. The molecule has 1 aromatic carbocycles. The van der Waals surface area contributed by atoms with Gasteiger partial charge in [0.15, 0.2) is 0 Å². The van der Waals surface area contributed by atoms with Crippen LogP contribution in [-0.4, -0.2) is 31.1 Å². The lowest BCUT2D eigenvalue weighted by atomic mass is 9.78. The fourth-order valence-corrected chi connectivity index (χ4v) is 4.00. The smallest absolute Gasteiger partial charge is 0.0411 e. The minimum atomic E-state index is 0.596. The highest BCUT2D eigenvalue weighted by atomic mass is 35.5. The van der Waals surface area contributed by atoms with E-state index in [1.807, 2.05) is 6.07 Å². The molecule has 0 aliphatic carbocycles. The van der Waals surface area contributed by atoms with Crippen LogP contribution in [0.15, 0.2) is 18.2 Å². The SMILES string of the molecule is Cc1cc(Cl)cc(CN2CCC3(CCNCC3)C2)c1. The second kappa shape index (κ2) is 5.43. The van der Waals surface area contributed by atoms with Gasteiger partial charge in [0, 0.05) is 18.1 Å². The van der Waals surface area contributed by atoms with Gasteiger partial charge in [0.05, 0.1) is 0 Å². The van der Waals surface area contributed by atoms with Crippen LogP contribution in [0.1, 0.15) is 30.4 Å². The molecule has 1 N–H and O–H groups in total. The molecule has 2 saturated heterocycles. The molecule has 0 atom stereocenters. The highest BCUT2D eigenvalue weighted by molar-refractivity contribution is 6.30. The number of hydrogen-bond donors (Lipinski definition) is 1. The number of aryl methyl sites for hydroxylation is 1. The third kappa shape index (κ3) is 3.13. The first kappa shape index (κ1) is 13.4. The van der Waals surface area contributed by atoms with Crippen molar-refractivity contribution in [1.29, 1.82) is 0 Å². The Labute approximate surface area is 121 Å². The predicted octanol–water partition coefficient (Wildman–Crippen LogP) is 3.22. The Morgan fingerprint density at radius 2 is 2.00 bits per heavy atom. The van der Waals surface area contributed by atoms with E-state index in [1.54, 1.807) is 0 Å². The molecule has 3 heteroatoms. The Morgan fingerprint density at radius 1 is 1.21 bits per heavy atom. The topological polar surface area (TPSA) is 15.3 Å². The molecule has 2 aliphatic heterocycles. The van der Waals surface area contributed by atoms with E-state index < -0.39 is 0 Å². The minimum absolute atomic E-state index is 0.596. The number of benzene rings is 1. The van der Waals surface area contributed by atoms with Crippen LogP contribution in [0, 0.1) is 12.3 Å². The summed E-state index contributed by atoms with van der Waals surface area (Å²) in [6.07, 6.45) is 4.06. The van der Waals surface area contributed by atoms with Crippen molar-refractivity contribution in [3.8, 4) is 0 Å². The van der Waals surface area contributed by atoms with E-state index >= 15 is 0 Å². The normalized spacial score (nSPS) is 23.1. The summed E-state index contributed by atoms with van der Waals surface area (Å²) in [5.74, 6) is 0. The maximum Gasteiger partial charge on any atom is 0.0411 e. The number of piperidine rings is 1. The first-order valence-electron chi connectivity index (χ1n) is 7.34. The summed E-state index contributed by atoms with van der Waals surface area (Å²) in [7, 11) is 0. The number of likely N-dealkylation sites (tertiary alicyclic amines) is 1. The maximum atomic E-state index is 6.15. The van der Waals surface area contributed by atoms with Crippen LogP contribution in [0.4, 0.5) is 0 Å². The van der Waals surface area contributed by atoms with E-state index in [4.69, 9.17) is 11.6 Å². The van der Waals surface area contributed by atoms with Crippen molar-refractivity contribution in [1.82, 2.24) is 10.2 Å². The lowest BCUT2D eigenvalue weighted by molar-refractivity contribution is 0.194. The Bertz CT molecular complexity index is 432. The van der Waals surface area contributed by atoms with Gasteiger partial charge >= 0.3 is 0 Å². The second-order valence-electron chi connectivity index (χ2n) is 6.35. The average molecular weight is 279 g/mol. The van der Waals surface area contributed by atoms with E-state index in [9.17, 15) is 0 Å². The van der Waals surface area contributed by atoms with E-state index in [1.165, 1.54) is 56.6 Å². The van der Waals surface area contributed by atoms with Gasteiger partial charge in [0.2, 0.25) is 0 Å². The molecular weight excluding hydrogens is 256 g/mol. The molecule has 1 aromatic rings. The summed E-state index contributed by atoms with van der Waals surface area (Å²) in [5.41, 5.74) is 3.22. The van der Waals surface area contributed by atoms with Gasteiger partial charge in [-0.05, 0) is 74.5 Å². The summed E-state index contributed by atoms with van der Waals surface area (Å²) in [6.45, 7) is 8.07. The van der Waals surface area contributed by atoms with E-state index in [-0.39, 0.29) is 0 Å². The molecule has 0 bridgehead atoms. The number of nitrogens with one attached hydrogen (secondary N) is 1. The molecule has 0 radical (unpaired) electrons. The number of nitrogens with zero attached hydrogens (tertiary/aromatic N) is 1. The van der Waals surface area contributed by atoms with E-state index in [0.29, 0.717) is 5.41 Å². The molecule has 2 nitrogen and oxygen atoms in total. The zero-order valence-corrected chi connectivity index (χ0v) is 12.5. The molecule has 2 fully saturated rings. The first-order chi connectivity index (χ1) is 9.15. The largest absolute Gasteiger partial charge is 0.317 e. The molecule has 0 saturated carbocycles. The molecule has 2 heterocycles. The Balaban J connectivity index is 1.65. The van der Waals surface area contributed by atoms with Crippen LogP contribution in [0.25, 0.3) is 0 Å². The average Bonchev–Trinajstić information content (AvgIpc) is 2.71. The Morgan fingerprint density at radius 3 is 2.74 bits per heavy atom. The van der Waals surface area contributed by atoms with Crippen molar-refractivity contribution < 1.29 is 0 Å². The highest BCUT2D eigenvalue weighted by Gasteiger charge is 2.38.